The van der Waals surface area contributed by atoms with Gasteiger partial charge in [0.1, 0.15) is 29.5 Å². The number of hydrogen-bond acceptors (Lipinski definition) is 4. The monoisotopic (exact) mass is 392 g/mol. The maximum atomic E-state index is 12.9. The first kappa shape index (κ1) is 18.0. The summed E-state index contributed by atoms with van der Waals surface area (Å²) in [4.78, 5) is 19.4. The van der Waals surface area contributed by atoms with Crippen LogP contribution in [0.15, 0.2) is 48.8 Å². The molecule has 0 N–H and O–H groups in total. The quantitative estimate of drug-likeness (QED) is 0.688. The van der Waals surface area contributed by atoms with Crippen molar-refractivity contribution in [2.45, 2.75) is 25.2 Å². The second-order valence-corrected chi connectivity index (χ2v) is 7.83. The number of rotatable bonds is 3. The number of aryl methyl sites for hydroxylation is 1. The molecule has 0 radical (unpaired) electrons. The molecule has 150 valence electrons. The van der Waals surface area contributed by atoms with Crippen LogP contribution in [0.4, 0.5) is 0 Å². The summed E-state index contributed by atoms with van der Waals surface area (Å²) < 4.78 is 15.6. The van der Waals surface area contributed by atoms with Gasteiger partial charge in [0.25, 0.3) is 5.91 Å². The molecule has 4 heterocycles. The Morgan fingerprint density at radius 2 is 2.03 bits per heavy atom. The molecule has 1 atom stereocenters. The summed E-state index contributed by atoms with van der Waals surface area (Å²) in [6, 6.07) is 11.8. The van der Waals surface area contributed by atoms with Crippen LogP contribution in [0.3, 0.4) is 0 Å². The number of methoxy groups -OCH3 is 1. The van der Waals surface area contributed by atoms with Crippen molar-refractivity contribution < 1.29 is 14.3 Å². The maximum Gasteiger partial charge on any atom is 0.270 e. The maximum absolute atomic E-state index is 12.9. The van der Waals surface area contributed by atoms with Gasteiger partial charge >= 0.3 is 0 Å². The number of aromatic nitrogens is 3. The number of nitrogens with zero attached hydrogens (tertiary/aromatic N) is 4. The van der Waals surface area contributed by atoms with Gasteiger partial charge in [0.05, 0.1) is 32.1 Å². The average molecular weight is 392 g/mol. The molecule has 2 aliphatic rings. The van der Waals surface area contributed by atoms with E-state index < -0.39 is 0 Å². The van der Waals surface area contributed by atoms with E-state index in [1.165, 1.54) is 0 Å². The Hall–Kier alpha value is -3.06. The number of ether oxygens (including phenoxy) is 2. The largest absolute Gasteiger partial charge is 0.497 e. The highest BCUT2D eigenvalue weighted by Crippen LogP contribution is 2.36. The van der Waals surface area contributed by atoms with Crippen LogP contribution in [-0.4, -0.2) is 50.7 Å². The smallest absolute Gasteiger partial charge is 0.270 e. The van der Waals surface area contributed by atoms with Crippen molar-refractivity contribution in [3.05, 3.63) is 60.3 Å². The normalized spacial score (nSPS) is 20.8. The van der Waals surface area contributed by atoms with Crippen LogP contribution in [0.2, 0.25) is 0 Å². The van der Waals surface area contributed by atoms with E-state index in [1.54, 1.807) is 7.11 Å². The van der Waals surface area contributed by atoms with Crippen molar-refractivity contribution in [3.8, 4) is 17.0 Å². The molecule has 2 aliphatic heterocycles. The van der Waals surface area contributed by atoms with E-state index in [2.05, 4.69) is 9.55 Å². The van der Waals surface area contributed by atoms with Crippen LogP contribution < -0.4 is 4.74 Å². The van der Waals surface area contributed by atoms with Gasteiger partial charge in [0.15, 0.2) is 0 Å². The van der Waals surface area contributed by atoms with Gasteiger partial charge in [-0.15, -0.1) is 0 Å². The molecule has 7 nitrogen and oxygen atoms in total. The highest BCUT2D eigenvalue weighted by Gasteiger charge is 2.44. The first-order valence-corrected chi connectivity index (χ1v) is 9.82. The van der Waals surface area contributed by atoms with Crippen LogP contribution in [0.5, 0.6) is 5.75 Å². The summed E-state index contributed by atoms with van der Waals surface area (Å²) >= 11 is 0. The van der Waals surface area contributed by atoms with E-state index in [0.29, 0.717) is 31.9 Å². The molecule has 0 aliphatic carbocycles. The summed E-state index contributed by atoms with van der Waals surface area (Å²) in [5.74, 6) is 1.82. The molecule has 2 aromatic heterocycles. The van der Waals surface area contributed by atoms with Crippen molar-refractivity contribution in [1.82, 2.24) is 19.0 Å². The topological polar surface area (TPSA) is 61.5 Å². The lowest BCUT2D eigenvalue weighted by atomic mass is 10.0. The van der Waals surface area contributed by atoms with E-state index in [-0.39, 0.29) is 11.5 Å². The Balaban J connectivity index is 1.39. The molecular weight excluding hydrogens is 368 g/mol. The Bertz CT molecular complexity index is 1050. The van der Waals surface area contributed by atoms with Crippen molar-refractivity contribution in [1.29, 1.82) is 0 Å². The molecule has 5 rings (SSSR count). The number of fused-ring (bicyclic) bond motifs is 1. The van der Waals surface area contributed by atoms with Crippen molar-refractivity contribution in [2.75, 3.05) is 20.2 Å². The number of imidazole rings is 1. The predicted octanol–water partition coefficient (Wildman–Crippen LogP) is 2.71. The van der Waals surface area contributed by atoms with Gasteiger partial charge in [-0.25, -0.2) is 4.98 Å². The number of carbonyl (C=O) groups excluding carboxylic acids is 1. The fourth-order valence-corrected chi connectivity index (χ4v) is 4.36. The van der Waals surface area contributed by atoms with Gasteiger partial charge in [-0.1, -0.05) is 0 Å². The molecule has 1 fully saturated rings. The summed E-state index contributed by atoms with van der Waals surface area (Å²) in [6.07, 6.45) is 4.62. The SMILES string of the molecule is COc1ccc(-c2cnc3n2C[C@@]2(CCN(C(=O)c4cccn4C)C2)OC3)cc1. The fraction of sp³-hybridized carbons (Fsp3) is 0.364. The minimum absolute atomic E-state index is 0.0600. The van der Waals surface area contributed by atoms with Gasteiger partial charge in [-0.3, -0.25) is 4.79 Å². The highest BCUT2D eigenvalue weighted by molar-refractivity contribution is 5.93. The van der Waals surface area contributed by atoms with E-state index in [1.807, 2.05) is 65.3 Å². The summed E-state index contributed by atoms with van der Waals surface area (Å²) in [6.45, 7) is 2.45. The van der Waals surface area contributed by atoms with Crippen molar-refractivity contribution >= 4 is 5.91 Å². The second kappa shape index (κ2) is 6.77. The standard InChI is InChI=1S/C22H24N4O3/c1-24-10-3-4-18(24)21(27)25-11-9-22(14-25)15-26-19(12-23-20(26)13-29-22)16-5-7-17(28-2)8-6-16/h3-8,10,12H,9,11,13-15H2,1-2H3/t22-/m0/s1. The third kappa shape index (κ3) is 3.02. The zero-order valence-corrected chi connectivity index (χ0v) is 16.7. The third-order valence-corrected chi connectivity index (χ3v) is 6.04. The van der Waals surface area contributed by atoms with E-state index >= 15 is 0 Å². The van der Waals surface area contributed by atoms with E-state index in [0.717, 1.165) is 29.3 Å². The molecule has 7 heteroatoms. The van der Waals surface area contributed by atoms with Crippen molar-refractivity contribution in [3.63, 3.8) is 0 Å². The molecule has 1 saturated heterocycles. The molecule has 1 aromatic carbocycles. The van der Waals surface area contributed by atoms with E-state index in [4.69, 9.17) is 9.47 Å². The Kier molecular flexibility index (Phi) is 4.20. The summed E-state index contributed by atoms with van der Waals surface area (Å²) in [5.41, 5.74) is 2.50. The number of carbonyl (C=O) groups is 1. The lowest BCUT2D eigenvalue weighted by Gasteiger charge is -2.35. The zero-order chi connectivity index (χ0) is 20.0. The van der Waals surface area contributed by atoms with Crippen LogP contribution in [0, 0.1) is 0 Å². The molecular formula is C22H24N4O3. The molecule has 29 heavy (non-hydrogen) atoms. The predicted molar refractivity (Wildman–Crippen MR) is 108 cm³/mol. The van der Waals surface area contributed by atoms with Crippen LogP contribution in [-0.2, 0) is 24.9 Å². The van der Waals surface area contributed by atoms with Crippen LogP contribution in [0.25, 0.3) is 11.3 Å². The molecule has 1 amide bonds. The molecule has 1 spiro atoms. The third-order valence-electron chi connectivity index (χ3n) is 6.04. The van der Waals surface area contributed by atoms with Gasteiger partial charge < -0.3 is 23.5 Å². The number of hydrogen-bond donors (Lipinski definition) is 0. The fourth-order valence-electron chi connectivity index (χ4n) is 4.36. The molecule has 0 unspecified atom stereocenters. The first-order valence-electron chi connectivity index (χ1n) is 9.82. The second-order valence-electron chi connectivity index (χ2n) is 7.83. The van der Waals surface area contributed by atoms with Gasteiger partial charge in [0, 0.05) is 25.4 Å². The number of benzene rings is 1. The van der Waals surface area contributed by atoms with Crippen LogP contribution in [0.1, 0.15) is 22.7 Å². The summed E-state index contributed by atoms with van der Waals surface area (Å²) in [7, 11) is 3.56. The number of amides is 1. The van der Waals surface area contributed by atoms with Gasteiger partial charge in [-0.05, 0) is 42.8 Å². The minimum atomic E-state index is -0.365. The Morgan fingerprint density at radius 3 is 2.76 bits per heavy atom. The first-order chi connectivity index (χ1) is 14.1. The van der Waals surface area contributed by atoms with Crippen molar-refractivity contribution in [2.24, 2.45) is 7.05 Å². The Labute approximate surface area is 169 Å². The minimum Gasteiger partial charge on any atom is -0.497 e. The lowest BCUT2D eigenvalue weighted by molar-refractivity contribution is -0.0805. The highest BCUT2D eigenvalue weighted by atomic mass is 16.5. The summed E-state index contributed by atoms with van der Waals surface area (Å²) in [5, 5.41) is 0. The van der Waals surface area contributed by atoms with E-state index in [9.17, 15) is 4.79 Å². The van der Waals surface area contributed by atoms with Gasteiger partial charge in [-0.2, -0.15) is 0 Å². The Morgan fingerprint density at radius 1 is 1.21 bits per heavy atom. The van der Waals surface area contributed by atoms with Crippen LogP contribution >= 0.6 is 0 Å². The lowest BCUT2D eigenvalue weighted by Crippen LogP contribution is -2.45. The zero-order valence-electron chi connectivity index (χ0n) is 16.7. The average Bonchev–Trinajstić information content (AvgIpc) is 3.46. The van der Waals surface area contributed by atoms with Gasteiger partial charge in [0.2, 0.25) is 0 Å². The molecule has 0 bridgehead atoms. The number of likely N-dealkylation sites (tertiary alicyclic amines) is 1. The molecule has 0 saturated carbocycles. The molecule has 3 aromatic rings.